The summed E-state index contributed by atoms with van der Waals surface area (Å²) in [4.78, 5) is 12.1. The average molecular weight is 369 g/mol. The Bertz CT molecular complexity index is 862. The van der Waals surface area contributed by atoms with Gasteiger partial charge in [0.1, 0.15) is 5.75 Å². The van der Waals surface area contributed by atoms with E-state index in [-0.39, 0.29) is 5.91 Å². The Morgan fingerprint density at radius 3 is 2.58 bits per heavy atom. The molecule has 0 radical (unpaired) electrons. The van der Waals surface area contributed by atoms with Crippen LogP contribution >= 0.6 is 11.8 Å². The zero-order chi connectivity index (χ0) is 18.4. The summed E-state index contributed by atoms with van der Waals surface area (Å²) >= 11 is 1.44. The average Bonchev–Trinajstić information content (AvgIpc) is 3.11. The third kappa shape index (κ3) is 4.60. The second-order valence-corrected chi connectivity index (χ2v) is 6.65. The highest BCUT2D eigenvalue weighted by atomic mass is 32.2. The normalized spacial score (nSPS) is 10.5. The van der Waals surface area contributed by atoms with E-state index >= 15 is 0 Å². The molecule has 0 saturated heterocycles. The zero-order valence-electron chi connectivity index (χ0n) is 14.5. The van der Waals surface area contributed by atoms with E-state index in [1.807, 2.05) is 43.3 Å². The van der Waals surface area contributed by atoms with Crippen molar-refractivity contribution in [2.24, 2.45) is 0 Å². The molecule has 134 valence electrons. The van der Waals surface area contributed by atoms with Crippen molar-refractivity contribution < 1.29 is 9.53 Å². The maximum absolute atomic E-state index is 12.1. The number of thioether (sulfide) groups is 1. The number of benzene rings is 2. The molecule has 0 aliphatic heterocycles. The summed E-state index contributed by atoms with van der Waals surface area (Å²) in [5.41, 5.74) is 2.81. The molecule has 1 heterocycles. The summed E-state index contributed by atoms with van der Waals surface area (Å²) < 4.78 is 6.77. The number of carbonyl (C=O) groups is 1. The molecule has 1 amide bonds. The van der Waals surface area contributed by atoms with E-state index in [4.69, 9.17) is 4.74 Å². The van der Waals surface area contributed by atoms with Crippen molar-refractivity contribution in [1.29, 1.82) is 0 Å². The lowest BCUT2D eigenvalue weighted by Crippen LogP contribution is -2.12. The molecule has 0 fully saturated rings. The van der Waals surface area contributed by atoms with Crippen LogP contribution < -0.4 is 10.1 Å². The number of hydrogen-bond donors (Lipinski definition) is 1. The van der Waals surface area contributed by atoms with Gasteiger partial charge in [0.25, 0.3) is 0 Å². The van der Waals surface area contributed by atoms with Gasteiger partial charge in [-0.05, 0) is 53.7 Å². The molecule has 8 heteroatoms. The SMILES string of the molecule is COc1ccc(NC(=O)CCSc2nnnn2-c2ccc(C)cc2)cc1. The van der Waals surface area contributed by atoms with E-state index in [0.717, 1.165) is 17.1 Å². The van der Waals surface area contributed by atoms with Crippen LogP contribution in [0.3, 0.4) is 0 Å². The van der Waals surface area contributed by atoms with Gasteiger partial charge in [0.2, 0.25) is 11.1 Å². The minimum absolute atomic E-state index is 0.0583. The molecule has 7 nitrogen and oxygen atoms in total. The molecule has 0 saturated carbocycles. The van der Waals surface area contributed by atoms with Gasteiger partial charge < -0.3 is 10.1 Å². The van der Waals surface area contributed by atoms with Gasteiger partial charge >= 0.3 is 0 Å². The van der Waals surface area contributed by atoms with Gasteiger partial charge in [-0.25, -0.2) is 0 Å². The topological polar surface area (TPSA) is 81.9 Å². The number of anilines is 1. The number of ether oxygens (including phenoxy) is 1. The Labute approximate surface area is 155 Å². The molecular formula is C18H19N5O2S. The van der Waals surface area contributed by atoms with Crippen molar-refractivity contribution in [1.82, 2.24) is 20.2 Å². The molecular weight excluding hydrogens is 350 g/mol. The third-order valence-electron chi connectivity index (χ3n) is 3.65. The largest absolute Gasteiger partial charge is 0.497 e. The summed E-state index contributed by atoms with van der Waals surface area (Å²) in [6.07, 6.45) is 0.359. The lowest BCUT2D eigenvalue weighted by molar-refractivity contribution is -0.115. The summed E-state index contributed by atoms with van der Waals surface area (Å²) in [5, 5.41) is 15.3. The van der Waals surface area contributed by atoms with Crippen LogP contribution in [-0.4, -0.2) is 39.0 Å². The number of tetrazole rings is 1. The molecule has 1 aromatic heterocycles. The predicted molar refractivity (Wildman–Crippen MR) is 101 cm³/mol. The maximum atomic E-state index is 12.1. The van der Waals surface area contributed by atoms with Gasteiger partial charge in [0.05, 0.1) is 12.8 Å². The number of rotatable bonds is 7. The van der Waals surface area contributed by atoms with Crippen molar-refractivity contribution in [2.75, 3.05) is 18.2 Å². The Morgan fingerprint density at radius 1 is 1.15 bits per heavy atom. The van der Waals surface area contributed by atoms with Crippen molar-refractivity contribution in [3.8, 4) is 11.4 Å². The van der Waals surface area contributed by atoms with Crippen LogP contribution in [0.15, 0.2) is 53.7 Å². The minimum atomic E-state index is -0.0583. The molecule has 0 aliphatic carbocycles. The second kappa shape index (κ2) is 8.48. The molecule has 1 N–H and O–H groups in total. The second-order valence-electron chi connectivity index (χ2n) is 5.58. The Morgan fingerprint density at radius 2 is 1.88 bits per heavy atom. The molecule has 0 atom stereocenters. The lowest BCUT2D eigenvalue weighted by Gasteiger charge is -2.07. The molecule has 0 aliphatic rings. The zero-order valence-corrected chi connectivity index (χ0v) is 15.4. The number of methoxy groups -OCH3 is 1. The molecule has 0 bridgehead atoms. The number of aromatic nitrogens is 4. The summed E-state index contributed by atoms with van der Waals surface area (Å²) in [6.45, 7) is 2.03. The highest BCUT2D eigenvalue weighted by molar-refractivity contribution is 7.99. The summed E-state index contributed by atoms with van der Waals surface area (Å²) in [5.74, 6) is 1.27. The van der Waals surface area contributed by atoms with Gasteiger partial charge in [-0.2, -0.15) is 4.68 Å². The first-order valence-corrected chi connectivity index (χ1v) is 9.06. The number of aryl methyl sites for hydroxylation is 1. The predicted octanol–water partition coefficient (Wildman–Crippen LogP) is 3.10. The van der Waals surface area contributed by atoms with E-state index in [1.165, 1.54) is 17.3 Å². The van der Waals surface area contributed by atoms with Crippen molar-refractivity contribution in [3.63, 3.8) is 0 Å². The van der Waals surface area contributed by atoms with E-state index < -0.39 is 0 Å². The first kappa shape index (κ1) is 17.9. The van der Waals surface area contributed by atoms with Gasteiger partial charge in [-0.1, -0.05) is 29.5 Å². The van der Waals surface area contributed by atoms with Crippen LogP contribution in [0.1, 0.15) is 12.0 Å². The van der Waals surface area contributed by atoms with Crippen LogP contribution in [-0.2, 0) is 4.79 Å². The van der Waals surface area contributed by atoms with Gasteiger partial charge in [0, 0.05) is 17.9 Å². The number of amides is 1. The van der Waals surface area contributed by atoms with E-state index in [1.54, 1.807) is 23.9 Å². The van der Waals surface area contributed by atoms with Gasteiger partial charge in [-0.3, -0.25) is 4.79 Å². The van der Waals surface area contributed by atoms with Crippen LogP contribution in [0.25, 0.3) is 5.69 Å². The maximum Gasteiger partial charge on any atom is 0.225 e. The number of carbonyl (C=O) groups excluding carboxylic acids is 1. The van der Waals surface area contributed by atoms with Crippen molar-refractivity contribution >= 4 is 23.4 Å². The Balaban J connectivity index is 1.52. The summed E-state index contributed by atoms with van der Waals surface area (Å²) in [6, 6.07) is 15.2. The van der Waals surface area contributed by atoms with Gasteiger partial charge in [0.15, 0.2) is 0 Å². The van der Waals surface area contributed by atoms with Crippen LogP contribution in [0.4, 0.5) is 5.69 Å². The molecule has 0 spiro atoms. The third-order valence-corrected chi connectivity index (χ3v) is 4.57. The number of nitrogens with one attached hydrogen (secondary N) is 1. The first-order valence-electron chi connectivity index (χ1n) is 8.08. The molecule has 2 aromatic carbocycles. The Hall–Kier alpha value is -2.87. The molecule has 3 aromatic rings. The molecule has 26 heavy (non-hydrogen) atoms. The molecule has 0 unspecified atom stereocenters. The fourth-order valence-electron chi connectivity index (χ4n) is 2.25. The Kier molecular flexibility index (Phi) is 5.85. The fraction of sp³-hybridized carbons (Fsp3) is 0.222. The minimum Gasteiger partial charge on any atom is -0.497 e. The smallest absolute Gasteiger partial charge is 0.225 e. The highest BCUT2D eigenvalue weighted by Gasteiger charge is 2.10. The van der Waals surface area contributed by atoms with Crippen LogP contribution in [0.5, 0.6) is 5.75 Å². The van der Waals surface area contributed by atoms with Crippen LogP contribution in [0, 0.1) is 6.92 Å². The molecule has 3 rings (SSSR count). The monoisotopic (exact) mass is 369 g/mol. The van der Waals surface area contributed by atoms with E-state index in [2.05, 4.69) is 20.8 Å². The summed E-state index contributed by atoms with van der Waals surface area (Å²) in [7, 11) is 1.61. The standard InChI is InChI=1S/C18H19N5O2S/c1-13-3-7-15(8-4-13)23-18(20-21-22-23)26-12-11-17(24)19-14-5-9-16(25-2)10-6-14/h3-10H,11-12H2,1-2H3,(H,19,24). The van der Waals surface area contributed by atoms with Crippen molar-refractivity contribution in [2.45, 2.75) is 18.5 Å². The fourth-order valence-corrected chi connectivity index (χ4v) is 3.08. The number of nitrogens with zero attached hydrogens (tertiary/aromatic N) is 4. The van der Waals surface area contributed by atoms with E-state index in [0.29, 0.717) is 17.3 Å². The van der Waals surface area contributed by atoms with Crippen molar-refractivity contribution in [3.05, 3.63) is 54.1 Å². The number of hydrogen-bond acceptors (Lipinski definition) is 6. The van der Waals surface area contributed by atoms with Crippen LogP contribution in [0.2, 0.25) is 0 Å². The first-order chi connectivity index (χ1) is 12.7. The quantitative estimate of drug-likeness (QED) is 0.645. The lowest BCUT2D eigenvalue weighted by atomic mass is 10.2. The van der Waals surface area contributed by atoms with Gasteiger partial charge in [-0.15, -0.1) is 5.10 Å². The van der Waals surface area contributed by atoms with E-state index in [9.17, 15) is 4.79 Å². The highest BCUT2D eigenvalue weighted by Crippen LogP contribution is 2.20.